The maximum absolute atomic E-state index is 11.3. The van der Waals surface area contributed by atoms with Crippen molar-refractivity contribution in [3.05, 3.63) is 23.0 Å². The van der Waals surface area contributed by atoms with E-state index in [1.165, 1.54) is 12.1 Å². The molecule has 1 aromatic heterocycles. The van der Waals surface area contributed by atoms with Crippen molar-refractivity contribution in [2.75, 3.05) is 6.54 Å². The van der Waals surface area contributed by atoms with Gasteiger partial charge in [-0.25, -0.2) is 0 Å². The highest BCUT2D eigenvalue weighted by atomic mass is 35.5. The molecule has 0 aromatic carbocycles. The zero-order chi connectivity index (χ0) is 10.6. The molecule has 1 rings (SSSR count). The molecule has 0 aliphatic heterocycles. The lowest BCUT2D eigenvalue weighted by molar-refractivity contribution is 0.0949. The third kappa shape index (κ3) is 3.65. The van der Waals surface area contributed by atoms with Gasteiger partial charge < -0.3 is 5.32 Å². The van der Waals surface area contributed by atoms with Gasteiger partial charge in [-0.2, -0.15) is 0 Å². The van der Waals surface area contributed by atoms with Crippen LogP contribution in [0.5, 0.6) is 0 Å². The summed E-state index contributed by atoms with van der Waals surface area (Å²) >= 11 is 16.4. The van der Waals surface area contributed by atoms with Gasteiger partial charge in [-0.3, -0.25) is 4.79 Å². The second-order valence-corrected chi connectivity index (χ2v) is 4.01. The summed E-state index contributed by atoms with van der Waals surface area (Å²) in [6.07, 6.45) is 0. The first kappa shape index (κ1) is 11.5. The van der Waals surface area contributed by atoms with Crippen LogP contribution < -0.4 is 5.32 Å². The molecule has 0 unspecified atom stereocenters. The number of halogens is 3. The van der Waals surface area contributed by atoms with E-state index in [9.17, 15) is 4.79 Å². The fraction of sp³-hybridized carbons (Fsp3) is 0.286. The number of aromatic nitrogens is 2. The van der Waals surface area contributed by atoms with Gasteiger partial charge >= 0.3 is 0 Å². The van der Waals surface area contributed by atoms with Crippen LogP contribution in [0.4, 0.5) is 0 Å². The van der Waals surface area contributed by atoms with Crippen molar-refractivity contribution in [3.8, 4) is 0 Å². The van der Waals surface area contributed by atoms with E-state index >= 15 is 0 Å². The molecule has 7 heteroatoms. The van der Waals surface area contributed by atoms with E-state index in [0.717, 1.165) is 0 Å². The molecule has 0 aliphatic carbocycles. The third-order valence-electron chi connectivity index (χ3n) is 1.28. The normalized spacial score (nSPS) is 10.3. The van der Waals surface area contributed by atoms with E-state index in [2.05, 4.69) is 15.5 Å². The quantitative estimate of drug-likeness (QED) is 0.835. The Bertz CT molecular complexity index is 314. The second kappa shape index (κ2) is 5.34. The van der Waals surface area contributed by atoms with E-state index in [4.69, 9.17) is 34.8 Å². The number of amides is 1. The average Bonchev–Trinajstić information content (AvgIpc) is 2.15. The molecule has 0 spiro atoms. The number of hydrogen-bond donors (Lipinski definition) is 1. The molecule has 76 valence electrons. The van der Waals surface area contributed by atoms with Crippen molar-refractivity contribution < 1.29 is 4.79 Å². The van der Waals surface area contributed by atoms with E-state index in [-0.39, 0.29) is 23.3 Å². The number of nitrogens with one attached hydrogen (secondary N) is 1. The molecule has 14 heavy (non-hydrogen) atoms. The molecule has 0 aliphatic rings. The number of carbonyl (C=O) groups is 1. The van der Waals surface area contributed by atoms with Crippen LogP contribution in [0.2, 0.25) is 5.15 Å². The van der Waals surface area contributed by atoms with Gasteiger partial charge in [-0.15, -0.1) is 33.4 Å². The second-order valence-electron chi connectivity index (χ2n) is 2.34. The molecule has 0 radical (unpaired) electrons. The standard InChI is InChI=1S/C7H6Cl3N3O/c8-5(9)3-11-7(14)4-1-2-6(10)13-12-4/h1-2,5H,3H2,(H,11,14). The Morgan fingerprint density at radius 3 is 2.64 bits per heavy atom. The fourth-order valence-electron chi connectivity index (χ4n) is 0.698. The summed E-state index contributed by atoms with van der Waals surface area (Å²) in [5, 5.41) is 9.79. The minimum absolute atomic E-state index is 0.159. The fourth-order valence-corrected chi connectivity index (χ4v) is 0.953. The average molecular weight is 255 g/mol. The van der Waals surface area contributed by atoms with E-state index in [0.29, 0.717) is 0 Å². The topological polar surface area (TPSA) is 54.9 Å². The first-order chi connectivity index (χ1) is 6.59. The minimum Gasteiger partial charge on any atom is -0.348 e. The lowest BCUT2D eigenvalue weighted by Crippen LogP contribution is -2.28. The molecule has 1 amide bonds. The zero-order valence-electron chi connectivity index (χ0n) is 6.88. The highest BCUT2D eigenvalue weighted by Crippen LogP contribution is 2.03. The summed E-state index contributed by atoms with van der Waals surface area (Å²) in [5.41, 5.74) is 0.170. The van der Waals surface area contributed by atoms with Crippen molar-refractivity contribution in [2.45, 2.75) is 4.84 Å². The molecular weight excluding hydrogens is 248 g/mol. The van der Waals surface area contributed by atoms with Crippen LogP contribution in [0.15, 0.2) is 12.1 Å². The molecule has 1 heterocycles. The van der Waals surface area contributed by atoms with Crippen molar-refractivity contribution in [2.24, 2.45) is 0 Å². The Morgan fingerprint density at radius 2 is 2.14 bits per heavy atom. The molecule has 4 nitrogen and oxygen atoms in total. The lowest BCUT2D eigenvalue weighted by Gasteiger charge is -2.03. The van der Waals surface area contributed by atoms with Gasteiger partial charge in [0.25, 0.3) is 5.91 Å². The van der Waals surface area contributed by atoms with E-state index in [1.807, 2.05) is 0 Å². The van der Waals surface area contributed by atoms with E-state index < -0.39 is 4.84 Å². The van der Waals surface area contributed by atoms with Gasteiger partial charge in [0.1, 0.15) is 4.84 Å². The summed E-state index contributed by atoms with van der Waals surface area (Å²) < 4.78 is 0. The Morgan fingerprint density at radius 1 is 1.43 bits per heavy atom. The lowest BCUT2D eigenvalue weighted by atomic mass is 10.4. The van der Waals surface area contributed by atoms with Gasteiger partial charge in [0, 0.05) is 6.54 Å². The summed E-state index contributed by atoms with van der Waals surface area (Å²) in [6.45, 7) is 0.159. The number of carbonyl (C=O) groups excluding carboxylic acids is 1. The van der Waals surface area contributed by atoms with Crippen molar-refractivity contribution in [1.29, 1.82) is 0 Å². The maximum atomic E-state index is 11.3. The Balaban J connectivity index is 2.57. The molecule has 1 aromatic rings. The van der Waals surface area contributed by atoms with Crippen LogP contribution in [-0.4, -0.2) is 27.5 Å². The van der Waals surface area contributed by atoms with Gasteiger partial charge in [-0.05, 0) is 12.1 Å². The summed E-state index contributed by atoms with van der Waals surface area (Å²) in [4.78, 5) is 10.6. The van der Waals surface area contributed by atoms with Gasteiger partial charge in [0.15, 0.2) is 10.8 Å². The summed E-state index contributed by atoms with van der Waals surface area (Å²) in [7, 11) is 0. The Kier molecular flexibility index (Phi) is 4.38. The molecule has 0 atom stereocenters. The van der Waals surface area contributed by atoms with Crippen LogP contribution in [0.1, 0.15) is 10.5 Å². The predicted molar refractivity (Wildman–Crippen MR) is 54.9 cm³/mol. The molecular formula is C7H6Cl3N3O. The molecule has 0 fully saturated rings. The van der Waals surface area contributed by atoms with Crippen molar-refractivity contribution >= 4 is 40.7 Å². The number of hydrogen-bond acceptors (Lipinski definition) is 3. The van der Waals surface area contributed by atoms with Crippen LogP contribution in [0, 0.1) is 0 Å². The van der Waals surface area contributed by atoms with E-state index in [1.54, 1.807) is 0 Å². The number of alkyl halides is 2. The van der Waals surface area contributed by atoms with Crippen molar-refractivity contribution in [1.82, 2.24) is 15.5 Å². The number of rotatable bonds is 3. The smallest absolute Gasteiger partial charge is 0.271 e. The Hall–Kier alpha value is -0.580. The predicted octanol–water partition coefficient (Wildman–Crippen LogP) is 1.66. The monoisotopic (exact) mass is 253 g/mol. The molecule has 1 N–H and O–H groups in total. The van der Waals surface area contributed by atoms with Gasteiger partial charge in [0.2, 0.25) is 0 Å². The summed E-state index contributed by atoms with van der Waals surface area (Å²) in [6, 6.07) is 2.93. The van der Waals surface area contributed by atoms with Crippen LogP contribution in [-0.2, 0) is 0 Å². The van der Waals surface area contributed by atoms with Crippen molar-refractivity contribution in [3.63, 3.8) is 0 Å². The zero-order valence-corrected chi connectivity index (χ0v) is 9.14. The molecule has 0 bridgehead atoms. The SMILES string of the molecule is O=C(NCC(Cl)Cl)c1ccc(Cl)nn1. The van der Waals surface area contributed by atoms with Gasteiger partial charge in [-0.1, -0.05) is 11.6 Å². The molecule has 0 saturated carbocycles. The van der Waals surface area contributed by atoms with Gasteiger partial charge in [0.05, 0.1) is 0 Å². The largest absolute Gasteiger partial charge is 0.348 e. The first-order valence-corrected chi connectivity index (χ1v) is 4.90. The maximum Gasteiger partial charge on any atom is 0.271 e. The summed E-state index contributed by atoms with van der Waals surface area (Å²) in [5.74, 6) is -0.388. The highest BCUT2D eigenvalue weighted by molar-refractivity contribution is 6.44. The minimum atomic E-state index is -0.640. The molecule has 0 saturated heterocycles. The Labute approximate surface area is 95.6 Å². The number of nitrogens with zero attached hydrogens (tertiary/aromatic N) is 2. The van der Waals surface area contributed by atoms with Crippen LogP contribution in [0.3, 0.4) is 0 Å². The van der Waals surface area contributed by atoms with Crippen LogP contribution >= 0.6 is 34.8 Å². The highest BCUT2D eigenvalue weighted by Gasteiger charge is 2.08. The first-order valence-electron chi connectivity index (χ1n) is 3.65. The van der Waals surface area contributed by atoms with Crippen LogP contribution in [0.25, 0.3) is 0 Å². The third-order valence-corrected chi connectivity index (χ3v) is 1.79.